The fourth-order valence-electron chi connectivity index (χ4n) is 3.99. The third kappa shape index (κ3) is 4.74. The Balaban J connectivity index is 2.07. The van der Waals surface area contributed by atoms with Crippen molar-refractivity contribution >= 4 is 17.3 Å². The van der Waals surface area contributed by atoms with Gasteiger partial charge in [0.15, 0.2) is 17.3 Å². The summed E-state index contributed by atoms with van der Waals surface area (Å²) >= 11 is 0. The van der Waals surface area contributed by atoms with Crippen molar-refractivity contribution in [2.45, 2.75) is 26.2 Å². The van der Waals surface area contributed by atoms with Gasteiger partial charge < -0.3 is 18.9 Å². The van der Waals surface area contributed by atoms with Crippen LogP contribution >= 0.6 is 0 Å². The molecule has 0 fully saturated rings. The van der Waals surface area contributed by atoms with Gasteiger partial charge in [-0.15, -0.1) is 0 Å². The predicted molar refractivity (Wildman–Crippen MR) is 118 cm³/mol. The van der Waals surface area contributed by atoms with E-state index < -0.39 is 17.8 Å². The second-order valence-electron chi connectivity index (χ2n) is 7.15. The van der Waals surface area contributed by atoms with Gasteiger partial charge in [-0.25, -0.2) is 0 Å². The third-order valence-electron chi connectivity index (χ3n) is 5.38. The van der Waals surface area contributed by atoms with Gasteiger partial charge in [0.1, 0.15) is 11.7 Å². The monoisotopic (exact) mass is 424 g/mol. The normalized spacial score (nSPS) is 18.2. The minimum atomic E-state index is -0.912. The first-order valence-electron chi connectivity index (χ1n) is 10.4. The highest BCUT2D eigenvalue weighted by atomic mass is 16.5. The Kier molecular flexibility index (Phi) is 7.34. The van der Waals surface area contributed by atoms with E-state index >= 15 is 0 Å². The van der Waals surface area contributed by atoms with E-state index in [-0.39, 0.29) is 12.4 Å². The second kappa shape index (κ2) is 10.2. The maximum atomic E-state index is 13.2. The number of benzene rings is 2. The van der Waals surface area contributed by atoms with Crippen LogP contribution in [0.15, 0.2) is 48.5 Å². The molecule has 2 atom stereocenters. The number of para-hydroxylation sites is 1. The fourth-order valence-corrected chi connectivity index (χ4v) is 3.99. The highest BCUT2D eigenvalue weighted by Gasteiger charge is 2.41. The predicted octanol–water partition coefficient (Wildman–Crippen LogP) is 4.42. The summed E-state index contributed by atoms with van der Waals surface area (Å²) in [5, 5.41) is 0. The molecule has 2 aromatic carbocycles. The lowest BCUT2D eigenvalue weighted by molar-refractivity contribution is -0.151. The summed E-state index contributed by atoms with van der Waals surface area (Å²) in [5.41, 5.74) is 2.48. The smallest absolute Gasteiger partial charge is 0.317 e. The minimum absolute atomic E-state index is 0.217. The number of ketones is 1. The molecule has 0 heterocycles. The van der Waals surface area contributed by atoms with Crippen molar-refractivity contribution in [3.05, 3.63) is 59.7 Å². The summed E-state index contributed by atoms with van der Waals surface area (Å²) in [6.45, 7) is 4.34. The Hall–Kier alpha value is -3.28. The average molecular weight is 424 g/mol. The molecule has 3 rings (SSSR count). The van der Waals surface area contributed by atoms with E-state index in [1.54, 1.807) is 33.3 Å². The molecule has 0 aliphatic heterocycles. The molecule has 0 saturated carbocycles. The molecule has 31 heavy (non-hydrogen) atoms. The molecule has 0 amide bonds. The summed E-state index contributed by atoms with van der Waals surface area (Å²) < 4.78 is 21.8. The first-order valence-corrected chi connectivity index (χ1v) is 10.4. The summed E-state index contributed by atoms with van der Waals surface area (Å²) in [4.78, 5) is 25.9. The van der Waals surface area contributed by atoms with Crippen LogP contribution in [0, 0.1) is 5.92 Å². The van der Waals surface area contributed by atoms with Crippen molar-refractivity contribution in [3.8, 4) is 17.2 Å². The van der Waals surface area contributed by atoms with Gasteiger partial charge in [0.2, 0.25) is 0 Å². The van der Waals surface area contributed by atoms with Crippen LogP contribution in [0.25, 0.3) is 5.57 Å². The van der Waals surface area contributed by atoms with Gasteiger partial charge in [0.05, 0.1) is 27.4 Å². The number of hydrogen-bond acceptors (Lipinski definition) is 6. The molecule has 0 spiro atoms. The van der Waals surface area contributed by atoms with Crippen LogP contribution in [0.4, 0.5) is 0 Å². The number of ether oxygens (including phenoxy) is 4. The number of hydrogen-bond donors (Lipinski definition) is 0. The van der Waals surface area contributed by atoms with E-state index in [0.29, 0.717) is 30.3 Å². The molecule has 2 unspecified atom stereocenters. The molecule has 164 valence electrons. The molecule has 1 aliphatic carbocycles. The zero-order valence-electron chi connectivity index (χ0n) is 18.3. The van der Waals surface area contributed by atoms with Crippen LogP contribution in [0.5, 0.6) is 17.2 Å². The zero-order chi connectivity index (χ0) is 22.4. The second-order valence-corrected chi connectivity index (χ2v) is 7.15. The van der Waals surface area contributed by atoms with Gasteiger partial charge >= 0.3 is 5.97 Å². The molecule has 2 aromatic rings. The van der Waals surface area contributed by atoms with E-state index in [0.717, 1.165) is 16.7 Å². The van der Waals surface area contributed by atoms with E-state index in [2.05, 4.69) is 0 Å². The van der Waals surface area contributed by atoms with Crippen LogP contribution in [0.2, 0.25) is 0 Å². The summed E-state index contributed by atoms with van der Waals surface area (Å²) in [7, 11) is 3.14. The van der Waals surface area contributed by atoms with Crippen LogP contribution in [-0.4, -0.2) is 39.2 Å². The lowest BCUT2D eigenvalue weighted by Crippen LogP contribution is -2.34. The third-order valence-corrected chi connectivity index (χ3v) is 5.38. The highest BCUT2D eigenvalue weighted by Crippen LogP contribution is 2.44. The van der Waals surface area contributed by atoms with Gasteiger partial charge in [-0.3, -0.25) is 9.59 Å². The topological polar surface area (TPSA) is 71.1 Å². The number of rotatable bonds is 8. The largest absolute Gasteiger partial charge is 0.494 e. The van der Waals surface area contributed by atoms with E-state index in [1.807, 2.05) is 43.3 Å². The number of carbonyl (C=O) groups excluding carboxylic acids is 2. The zero-order valence-corrected chi connectivity index (χ0v) is 18.3. The van der Waals surface area contributed by atoms with Gasteiger partial charge in [0, 0.05) is 5.92 Å². The molecule has 6 nitrogen and oxygen atoms in total. The molecule has 0 N–H and O–H groups in total. The Morgan fingerprint density at radius 3 is 2.39 bits per heavy atom. The highest BCUT2D eigenvalue weighted by molar-refractivity contribution is 6.10. The van der Waals surface area contributed by atoms with Gasteiger partial charge in [-0.05, 0) is 61.2 Å². The van der Waals surface area contributed by atoms with Gasteiger partial charge in [-0.1, -0.05) is 24.3 Å². The maximum absolute atomic E-state index is 13.2. The van der Waals surface area contributed by atoms with Crippen molar-refractivity contribution in [2.24, 2.45) is 5.92 Å². The average Bonchev–Trinajstić information content (AvgIpc) is 2.78. The van der Waals surface area contributed by atoms with E-state index in [9.17, 15) is 9.59 Å². The van der Waals surface area contributed by atoms with Crippen molar-refractivity contribution in [3.63, 3.8) is 0 Å². The Morgan fingerprint density at radius 2 is 1.71 bits per heavy atom. The summed E-state index contributed by atoms with van der Waals surface area (Å²) in [6.07, 6.45) is 2.03. The molecule has 6 heteroatoms. The van der Waals surface area contributed by atoms with Crippen molar-refractivity contribution in [1.82, 2.24) is 0 Å². The molecule has 1 aliphatic rings. The van der Waals surface area contributed by atoms with Gasteiger partial charge in [0.25, 0.3) is 0 Å². The van der Waals surface area contributed by atoms with Crippen LogP contribution in [-0.2, 0) is 14.3 Å². The minimum Gasteiger partial charge on any atom is -0.494 e. The lowest BCUT2D eigenvalue weighted by atomic mass is 9.73. The van der Waals surface area contributed by atoms with Crippen LogP contribution in [0.3, 0.4) is 0 Å². The van der Waals surface area contributed by atoms with Crippen molar-refractivity contribution in [1.29, 1.82) is 0 Å². The van der Waals surface area contributed by atoms with E-state index in [1.165, 1.54) is 0 Å². The van der Waals surface area contributed by atoms with Crippen molar-refractivity contribution < 1.29 is 28.5 Å². The quantitative estimate of drug-likeness (QED) is 0.461. The molecule has 0 radical (unpaired) electrons. The van der Waals surface area contributed by atoms with Gasteiger partial charge in [-0.2, -0.15) is 0 Å². The van der Waals surface area contributed by atoms with Crippen LogP contribution < -0.4 is 14.2 Å². The molecule has 0 bridgehead atoms. The van der Waals surface area contributed by atoms with E-state index in [4.69, 9.17) is 18.9 Å². The number of esters is 1. The number of carbonyl (C=O) groups is 2. The molecular formula is C25H28O6. The number of methoxy groups -OCH3 is 2. The fraction of sp³-hybridized carbons (Fsp3) is 0.360. The first kappa shape index (κ1) is 22.4. The van der Waals surface area contributed by atoms with Crippen molar-refractivity contribution in [2.75, 3.05) is 27.4 Å². The summed E-state index contributed by atoms with van der Waals surface area (Å²) in [6, 6.07) is 13.1. The first-order chi connectivity index (χ1) is 15.0. The maximum Gasteiger partial charge on any atom is 0.317 e. The van der Waals surface area contributed by atoms with Crippen LogP contribution in [0.1, 0.15) is 37.3 Å². The lowest BCUT2D eigenvalue weighted by Gasteiger charge is -2.30. The Bertz CT molecular complexity index is 978. The SMILES string of the molecule is CCOC(=O)C1C(=O)C=C(c2ccc(OC)c(OC)c2)CC1c1ccccc1OCC. The Morgan fingerprint density at radius 1 is 0.968 bits per heavy atom. The molecule has 0 aromatic heterocycles. The number of allylic oxidation sites excluding steroid dienone is 2. The molecule has 0 saturated heterocycles. The molecular weight excluding hydrogens is 396 g/mol. The summed E-state index contributed by atoms with van der Waals surface area (Å²) in [5.74, 6) is -0.237. The standard InChI is InChI=1S/C25H28O6/c1-5-30-21-10-8-7-9-18(21)19-13-17(14-20(26)24(19)25(27)31-6-2)16-11-12-22(28-3)23(15-16)29-4/h7-12,14-15,19,24H,5-6,13H2,1-4H3. The Labute approximate surface area is 182 Å².